The third-order valence-corrected chi connectivity index (χ3v) is 3.29. The van der Waals surface area contributed by atoms with E-state index in [-0.39, 0.29) is 5.92 Å². The number of unbranched alkanes of at least 4 members (excludes halogenated alkanes) is 6. The van der Waals surface area contributed by atoms with Crippen LogP contribution >= 0.6 is 0 Å². The molecule has 0 spiro atoms. The van der Waals surface area contributed by atoms with Gasteiger partial charge in [-0.2, -0.15) is 0 Å². The average molecular weight is 254 g/mol. The standard InChI is InChI=1S/C16H30O2/c1-3-5-7-8-9-11-12-15(14-17)16(18)13-10-6-4-2/h10,13-16,18H,3-9,11-12H2,1-2H3/b13-10+/t15-,16+/m1/s1. The molecule has 0 aliphatic heterocycles. The summed E-state index contributed by atoms with van der Waals surface area (Å²) in [5.74, 6) is -0.218. The number of carbonyl (C=O) groups is 1. The van der Waals surface area contributed by atoms with Crippen LogP contribution in [0.3, 0.4) is 0 Å². The number of rotatable bonds is 12. The molecule has 0 aromatic heterocycles. The highest BCUT2D eigenvalue weighted by atomic mass is 16.3. The quantitative estimate of drug-likeness (QED) is 0.321. The fourth-order valence-electron chi connectivity index (χ4n) is 2.02. The summed E-state index contributed by atoms with van der Waals surface area (Å²) in [4.78, 5) is 11.0. The molecule has 0 aliphatic carbocycles. The van der Waals surface area contributed by atoms with Crippen LogP contribution in [-0.2, 0) is 4.79 Å². The molecule has 0 aromatic rings. The molecular weight excluding hydrogens is 224 g/mol. The lowest BCUT2D eigenvalue weighted by atomic mass is 9.95. The van der Waals surface area contributed by atoms with E-state index in [1.54, 1.807) is 6.08 Å². The molecule has 0 saturated heterocycles. The number of allylic oxidation sites excluding steroid dienone is 1. The van der Waals surface area contributed by atoms with Crippen molar-refractivity contribution in [3.63, 3.8) is 0 Å². The number of aldehydes is 1. The van der Waals surface area contributed by atoms with Gasteiger partial charge in [-0.05, 0) is 12.8 Å². The Bertz CT molecular complexity index is 211. The normalized spacial score (nSPS) is 14.8. The molecule has 0 bridgehead atoms. The van der Waals surface area contributed by atoms with Gasteiger partial charge in [0.25, 0.3) is 0 Å². The predicted molar refractivity (Wildman–Crippen MR) is 77.6 cm³/mol. The van der Waals surface area contributed by atoms with Gasteiger partial charge in [-0.1, -0.05) is 70.9 Å². The average Bonchev–Trinajstić information content (AvgIpc) is 2.38. The molecule has 106 valence electrons. The molecule has 0 saturated carbocycles. The summed E-state index contributed by atoms with van der Waals surface area (Å²) in [6, 6.07) is 0. The number of aliphatic hydroxyl groups is 1. The van der Waals surface area contributed by atoms with Crippen LogP contribution in [0.4, 0.5) is 0 Å². The van der Waals surface area contributed by atoms with Gasteiger partial charge < -0.3 is 9.90 Å². The molecule has 2 nitrogen and oxygen atoms in total. The summed E-state index contributed by atoms with van der Waals surface area (Å²) in [5, 5.41) is 9.86. The first-order valence-electron chi connectivity index (χ1n) is 7.56. The third kappa shape index (κ3) is 9.41. The molecule has 0 amide bonds. The molecule has 0 aliphatic rings. The Morgan fingerprint density at radius 2 is 1.67 bits per heavy atom. The van der Waals surface area contributed by atoms with E-state index >= 15 is 0 Å². The van der Waals surface area contributed by atoms with E-state index < -0.39 is 6.10 Å². The zero-order valence-electron chi connectivity index (χ0n) is 12.1. The van der Waals surface area contributed by atoms with Crippen molar-refractivity contribution in [2.45, 2.75) is 77.7 Å². The van der Waals surface area contributed by atoms with Gasteiger partial charge in [0, 0.05) is 5.92 Å². The largest absolute Gasteiger partial charge is 0.388 e. The minimum atomic E-state index is -0.593. The van der Waals surface area contributed by atoms with Crippen LogP contribution in [0.1, 0.15) is 71.6 Å². The van der Waals surface area contributed by atoms with Crippen LogP contribution in [-0.4, -0.2) is 17.5 Å². The predicted octanol–water partition coefficient (Wildman–Crippen LogP) is 4.27. The number of aliphatic hydroxyl groups excluding tert-OH is 1. The summed E-state index contributed by atoms with van der Waals surface area (Å²) in [5.41, 5.74) is 0. The van der Waals surface area contributed by atoms with Gasteiger partial charge in [0.1, 0.15) is 6.29 Å². The smallest absolute Gasteiger partial charge is 0.125 e. The van der Waals surface area contributed by atoms with Crippen LogP contribution in [0.15, 0.2) is 12.2 Å². The topological polar surface area (TPSA) is 37.3 Å². The van der Waals surface area contributed by atoms with Crippen molar-refractivity contribution in [2.75, 3.05) is 0 Å². The Kier molecular flexibility index (Phi) is 12.4. The second-order valence-corrected chi connectivity index (χ2v) is 5.06. The van der Waals surface area contributed by atoms with Crippen molar-refractivity contribution >= 4 is 6.29 Å². The van der Waals surface area contributed by atoms with E-state index in [1.165, 1.54) is 32.1 Å². The van der Waals surface area contributed by atoms with Crippen LogP contribution < -0.4 is 0 Å². The van der Waals surface area contributed by atoms with E-state index in [0.717, 1.165) is 32.0 Å². The second-order valence-electron chi connectivity index (χ2n) is 5.06. The van der Waals surface area contributed by atoms with Gasteiger partial charge in [-0.25, -0.2) is 0 Å². The summed E-state index contributed by atoms with van der Waals surface area (Å²) in [6.07, 6.45) is 14.3. The van der Waals surface area contributed by atoms with E-state index in [4.69, 9.17) is 0 Å². The van der Waals surface area contributed by atoms with E-state index in [0.29, 0.717) is 0 Å². The zero-order valence-corrected chi connectivity index (χ0v) is 12.1. The fraction of sp³-hybridized carbons (Fsp3) is 0.812. The Morgan fingerprint density at radius 1 is 1.00 bits per heavy atom. The molecule has 2 atom stereocenters. The molecule has 1 N–H and O–H groups in total. The highest BCUT2D eigenvalue weighted by Gasteiger charge is 2.14. The fourth-order valence-corrected chi connectivity index (χ4v) is 2.02. The van der Waals surface area contributed by atoms with E-state index in [9.17, 15) is 9.90 Å². The number of hydrogen-bond acceptors (Lipinski definition) is 2. The van der Waals surface area contributed by atoms with Gasteiger partial charge in [-0.3, -0.25) is 0 Å². The van der Waals surface area contributed by atoms with Gasteiger partial charge in [0.15, 0.2) is 0 Å². The highest BCUT2D eigenvalue weighted by Crippen LogP contribution is 2.15. The summed E-state index contributed by atoms with van der Waals surface area (Å²) in [6.45, 7) is 4.31. The maximum atomic E-state index is 11.0. The van der Waals surface area contributed by atoms with Crippen LogP contribution in [0.2, 0.25) is 0 Å². The Hall–Kier alpha value is -0.630. The van der Waals surface area contributed by atoms with Crippen molar-refractivity contribution in [2.24, 2.45) is 5.92 Å². The lowest BCUT2D eigenvalue weighted by molar-refractivity contribution is -0.113. The maximum Gasteiger partial charge on any atom is 0.125 e. The van der Waals surface area contributed by atoms with Gasteiger partial charge >= 0.3 is 0 Å². The highest BCUT2D eigenvalue weighted by molar-refractivity contribution is 5.55. The van der Waals surface area contributed by atoms with Crippen LogP contribution in [0, 0.1) is 5.92 Å². The van der Waals surface area contributed by atoms with Crippen LogP contribution in [0.5, 0.6) is 0 Å². The second kappa shape index (κ2) is 12.8. The molecule has 2 heteroatoms. The third-order valence-electron chi connectivity index (χ3n) is 3.29. The number of hydrogen-bond donors (Lipinski definition) is 1. The molecular formula is C16H30O2. The van der Waals surface area contributed by atoms with Crippen molar-refractivity contribution in [3.8, 4) is 0 Å². The first-order valence-corrected chi connectivity index (χ1v) is 7.56. The van der Waals surface area contributed by atoms with Crippen molar-refractivity contribution < 1.29 is 9.90 Å². The Labute approximate surface area is 112 Å². The Morgan fingerprint density at radius 3 is 2.28 bits per heavy atom. The summed E-state index contributed by atoms with van der Waals surface area (Å²) < 4.78 is 0. The molecule has 0 unspecified atom stereocenters. The van der Waals surface area contributed by atoms with Crippen LogP contribution in [0.25, 0.3) is 0 Å². The Balaban J connectivity index is 3.71. The van der Waals surface area contributed by atoms with Gasteiger partial charge in [0.05, 0.1) is 6.10 Å². The van der Waals surface area contributed by atoms with Crippen molar-refractivity contribution in [1.82, 2.24) is 0 Å². The van der Waals surface area contributed by atoms with E-state index in [2.05, 4.69) is 13.8 Å². The first kappa shape index (κ1) is 17.4. The monoisotopic (exact) mass is 254 g/mol. The summed E-state index contributed by atoms with van der Waals surface area (Å²) in [7, 11) is 0. The minimum Gasteiger partial charge on any atom is -0.388 e. The molecule has 0 fully saturated rings. The molecule has 0 aromatic carbocycles. The number of carbonyl (C=O) groups excluding carboxylic acids is 1. The molecule has 0 rings (SSSR count). The lowest BCUT2D eigenvalue weighted by Gasteiger charge is -2.14. The molecule has 18 heavy (non-hydrogen) atoms. The minimum absolute atomic E-state index is 0.218. The van der Waals surface area contributed by atoms with Gasteiger partial charge in [0.2, 0.25) is 0 Å². The van der Waals surface area contributed by atoms with Gasteiger partial charge in [-0.15, -0.1) is 0 Å². The van der Waals surface area contributed by atoms with Crippen molar-refractivity contribution in [1.29, 1.82) is 0 Å². The zero-order chi connectivity index (χ0) is 13.6. The SMILES string of the molecule is CCC/C=C/[C@H](O)[C@@H](C=O)CCCCCCCC. The molecule has 0 radical (unpaired) electrons. The lowest BCUT2D eigenvalue weighted by Crippen LogP contribution is -2.19. The van der Waals surface area contributed by atoms with E-state index in [1.807, 2.05) is 6.08 Å². The first-order chi connectivity index (χ1) is 8.76. The molecule has 0 heterocycles. The summed E-state index contributed by atoms with van der Waals surface area (Å²) >= 11 is 0. The maximum absolute atomic E-state index is 11.0. The van der Waals surface area contributed by atoms with Crippen molar-refractivity contribution in [3.05, 3.63) is 12.2 Å².